The minimum atomic E-state index is -0.0985. The first-order chi connectivity index (χ1) is 16.7. The lowest BCUT2D eigenvalue weighted by Crippen LogP contribution is -2.25. The number of rotatable bonds is 11. The van der Waals surface area contributed by atoms with E-state index in [4.69, 9.17) is 26.1 Å². The van der Waals surface area contributed by atoms with Crippen LogP contribution in [-0.4, -0.2) is 35.7 Å². The van der Waals surface area contributed by atoms with Crippen molar-refractivity contribution in [3.8, 4) is 11.5 Å². The normalized spacial score (nSPS) is 10.9. The Kier molecular flexibility index (Phi) is 8.04. The maximum absolute atomic E-state index is 12.3. The largest absolute Gasteiger partial charge is 0.493 e. The van der Waals surface area contributed by atoms with Gasteiger partial charge in [0.05, 0.1) is 24.8 Å². The Morgan fingerprint density at radius 3 is 2.50 bits per heavy atom. The van der Waals surface area contributed by atoms with Crippen molar-refractivity contribution in [3.05, 3.63) is 89.2 Å². The molecule has 0 saturated carbocycles. The van der Waals surface area contributed by atoms with Crippen molar-refractivity contribution in [2.75, 3.05) is 20.3 Å². The summed E-state index contributed by atoms with van der Waals surface area (Å²) in [5, 5.41) is 3.59. The number of aromatic nitrogens is 2. The van der Waals surface area contributed by atoms with Crippen LogP contribution in [0, 0.1) is 0 Å². The molecule has 0 unspecified atom stereocenters. The maximum atomic E-state index is 12.3. The molecule has 3 aromatic carbocycles. The lowest BCUT2D eigenvalue weighted by molar-refractivity contribution is 0.0953. The van der Waals surface area contributed by atoms with Crippen LogP contribution >= 0.6 is 11.6 Å². The van der Waals surface area contributed by atoms with Crippen molar-refractivity contribution in [3.63, 3.8) is 0 Å². The predicted molar refractivity (Wildman–Crippen MR) is 135 cm³/mol. The number of ether oxygens (including phenoxy) is 2. The Balaban J connectivity index is 1.33. The summed E-state index contributed by atoms with van der Waals surface area (Å²) in [5.41, 5.74) is 2.69. The zero-order valence-electron chi connectivity index (χ0n) is 19.2. The molecule has 4 aromatic rings. The second-order valence-electron chi connectivity index (χ2n) is 7.89. The van der Waals surface area contributed by atoms with Gasteiger partial charge in [-0.2, -0.15) is 0 Å². The summed E-state index contributed by atoms with van der Waals surface area (Å²) in [6.07, 6.45) is 2.39. The highest BCUT2D eigenvalue weighted by Crippen LogP contribution is 2.26. The fourth-order valence-electron chi connectivity index (χ4n) is 3.86. The molecule has 0 aliphatic rings. The van der Waals surface area contributed by atoms with Crippen LogP contribution in [0.25, 0.3) is 11.0 Å². The average Bonchev–Trinajstić information content (AvgIpc) is 3.22. The van der Waals surface area contributed by atoms with Crippen molar-refractivity contribution in [2.24, 2.45) is 0 Å². The molecule has 176 valence electrons. The van der Waals surface area contributed by atoms with Crippen LogP contribution in [0.5, 0.6) is 11.5 Å². The van der Waals surface area contributed by atoms with Gasteiger partial charge in [0.2, 0.25) is 0 Å². The van der Waals surface area contributed by atoms with Crippen molar-refractivity contribution in [2.45, 2.75) is 25.8 Å². The van der Waals surface area contributed by atoms with Crippen LogP contribution in [-0.2, 0) is 13.0 Å². The molecule has 1 aromatic heterocycles. The van der Waals surface area contributed by atoms with Crippen molar-refractivity contribution in [1.29, 1.82) is 0 Å². The second-order valence-corrected chi connectivity index (χ2v) is 8.32. The number of hydrogen-bond donors (Lipinski definition) is 1. The minimum absolute atomic E-state index is 0.0985. The molecule has 0 spiro atoms. The van der Waals surface area contributed by atoms with Gasteiger partial charge in [0.1, 0.15) is 5.82 Å². The molecule has 1 heterocycles. The number of aryl methyl sites for hydroxylation is 2. The number of nitrogens with zero attached hydrogens (tertiary/aromatic N) is 2. The molecule has 0 atom stereocenters. The summed E-state index contributed by atoms with van der Waals surface area (Å²) < 4.78 is 13.5. The Morgan fingerprint density at radius 2 is 1.71 bits per heavy atom. The number of halogens is 1. The molecule has 0 fully saturated rings. The van der Waals surface area contributed by atoms with E-state index >= 15 is 0 Å². The number of imidazole rings is 1. The van der Waals surface area contributed by atoms with E-state index in [9.17, 15) is 4.79 Å². The van der Waals surface area contributed by atoms with Gasteiger partial charge in [0.25, 0.3) is 5.91 Å². The van der Waals surface area contributed by atoms with Gasteiger partial charge in [-0.15, -0.1) is 0 Å². The van der Waals surface area contributed by atoms with Crippen LogP contribution in [0.15, 0.2) is 72.8 Å². The minimum Gasteiger partial charge on any atom is -0.493 e. The first kappa shape index (κ1) is 23.6. The summed E-state index contributed by atoms with van der Waals surface area (Å²) >= 11 is 5.90. The Bertz CT molecular complexity index is 1240. The molecule has 0 saturated heterocycles. The van der Waals surface area contributed by atoms with Gasteiger partial charge in [-0.05, 0) is 61.4 Å². The number of hydrogen-bond acceptors (Lipinski definition) is 4. The van der Waals surface area contributed by atoms with Gasteiger partial charge in [-0.3, -0.25) is 4.79 Å². The van der Waals surface area contributed by atoms with E-state index in [1.165, 1.54) is 0 Å². The number of benzene rings is 3. The summed E-state index contributed by atoms with van der Waals surface area (Å²) in [6, 6.07) is 22.7. The Hall–Kier alpha value is -3.51. The molecule has 1 amide bonds. The maximum Gasteiger partial charge on any atom is 0.251 e. The summed E-state index contributed by atoms with van der Waals surface area (Å²) in [4.78, 5) is 17.2. The number of carbonyl (C=O) groups excluding carboxylic acids is 1. The average molecular weight is 478 g/mol. The van der Waals surface area contributed by atoms with Gasteiger partial charge in [0, 0.05) is 30.1 Å². The van der Waals surface area contributed by atoms with E-state index in [1.54, 1.807) is 31.4 Å². The lowest BCUT2D eigenvalue weighted by Gasteiger charge is -2.12. The van der Waals surface area contributed by atoms with E-state index < -0.39 is 0 Å². The van der Waals surface area contributed by atoms with Crippen molar-refractivity contribution < 1.29 is 14.3 Å². The number of para-hydroxylation sites is 4. The SMILES string of the molecule is COc1ccccc1OCCCn1c(CCCNC(=O)c2ccc(Cl)cc2)nc2ccccc21. The summed E-state index contributed by atoms with van der Waals surface area (Å²) in [6.45, 7) is 1.94. The van der Waals surface area contributed by atoms with Crippen molar-refractivity contribution >= 4 is 28.5 Å². The number of fused-ring (bicyclic) bond motifs is 1. The predicted octanol–water partition coefficient (Wildman–Crippen LogP) is 5.53. The van der Waals surface area contributed by atoms with Crippen LogP contribution in [0.4, 0.5) is 0 Å². The molecular formula is C27H28ClN3O3. The number of carbonyl (C=O) groups is 1. The van der Waals surface area contributed by atoms with Gasteiger partial charge in [0.15, 0.2) is 11.5 Å². The topological polar surface area (TPSA) is 65.4 Å². The summed E-state index contributed by atoms with van der Waals surface area (Å²) in [7, 11) is 1.64. The van der Waals surface area contributed by atoms with E-state index in [-0.39, 0.29) is 5.91 Å². The molecule has 0 aliphatic heterocycles. The van der Waals surface area contributed by atoms with Crippen LogP contribution in [0.3, 0.4) is 0 Å². The van der Waals surface area contributed by atoms with Crippen molar-refractivity contribution in [1.82, 2.24) is 14.9 Å². The first-order valence-electron chi connectivity index (χ1n) is 11.4. The van der Waals surface area contributed by atoms with Gasteiger partial charge >= 0.3 is 0 Å². The molecule has 4 rings (SSSR count). The highest BCUT2D eigenvalue weighted by molar-refractivity contribution is 6.30. The monoisotopic (exact) mass is 477 g/mol. The molecule has 0 bridgehead atoms. The quantitative estimate of drug-likeness (QED) is 0.288. The standard InChI is InChI=1S/C27H28ClN3O3/c1-33-24-10-4-5-11-25(24)34-19-7-18-31-23-9-3-2-8-22(23)30-26(31)12-6-17-29-27(32)20-13-15-21(28)16-14-20/h2-5,8-11,13-16H,6-7,12,17-19H2,1H3,(H,29,32). The molecule has 0 aliphatic carbocycles. The van der Waals surface area contributed by atoms with E-state index in [0.29, 0.717) is 23.7 Å². The smallest absolute Gasteiger partial charge is 0.251 e. The highest BCUT2D eigenvalue weighted by atomic mass is 35.5. The van der Waals surface area contributed by atoms with Crippen LogP contribution < -0.4 is 14.8 Å². The molecule has 0 radical (unpaired) electrons. The first-order valence-corrected chi connectivity index (χ1v) is 11.8. The van der Waals surface area contributed by atoms with E-state index in [0.717, 1.165) is 54.2 Å². The van der Waals surface area contributed by atoms with Gasteiger partial charge in [-0.25, -0.2) is 4.98 Å². The third-order valence-corrected chi connectivity index (χ3v) is 5.81. The molecule has 7 heteroatoms. The molecule has 6 nitrogen and oxygen atoms in total. The molecular weight excluding hydrogens is 450 g/mol. The third-order valence-electron chi connectivity index (χ3n) is 5.56. The molecule has 1 N–H and O–H groups in total. The summed E-state index contributed by atoms with van der Waals surface area (Å²) in [5.74, 6) is 2.40. The Morgan fingerprint density at radius 1 is 0.971 bits per heavy atom. The highest BCUT2D eigenvalue weighted by Gasteiger charge is 2.11. The van der Waals surface area contributed by atoms with E-state index in [2.05, 4.69) is 16.0 Å². The zero-order chi connectivity index (χ0) is 23.8. The van der Waals surface area contributed by atoms with Gasteiger partial charge < -0.3 is 19.4 Å². The number of nitrogens with one attached hydrogen (secondary N) is 1. The van der Waals surface area contributed by atoms with Crippen LogP contribution in [0.2, 0.25) is 5.02 Å². The fraction of sp³-hybridized carbons (Fsp3) is 0.259. The number of amides is 1. The lowest BCUT2D eigenvalue weighted by atomic mass is 10.2. The molecule has 34 heavy (non-hydrogen) atoms. The number of methoxy groups -OCH3 is 1. The third kappa shape index (κ3) is 5.88. The van der Waals surface area contributed by atoms with Crippen LogP contribution in [0.1, 0.15) is 29.0 Å². The zero-order valence-corrected chi connectivity index (χ0v) is 19.9. The fourth-order valence-corrected chi connectivity index (χ4v) is 3.99. The Labute approximate surface area is 204 Å². The van der Waals surface area contributed by atoms with E-state index in [1.807, 2.05) is 42.5 Å². The second kappa shape index (κ2) is 11.6. The van der Waals surface area contributed by atoms with Gasteiger partial charge in [-0.1, -0.05) is 35.9 Å².